The van der Waals surface area contributed by atoms with Crippen molar-refractivity contribution in [3.05, 3.63) is 17.5 Å². The number of nitrogens with zero attached hydrogens (tertiary/aromatic N) is 4. The van der Waals surface area contributed by atoms with Crippen molar-refractivity contribution in [1.29, 1.82) is 0 Å². The molecule has 0 spiro atoms. The number of carbonyl (C=O) groups is 1. The molecule has 2 saturated heterocycles. The van der Waals surface area contributed by atoms with Crippen molar-refractivity contribution < 1.29 is 4.79 Å². The van der Waals surface area contributed by atoms with Gasteiger partial charge < -0.3 is 4.90 Å². The number of likely N-dealkylation sites (tertiary alicyclic amines) is 1. The lowest BCUT2D eigenvalue weighted by Gasteiger charge is -2.41. The number of carbonyl (C=O) groups excluding carboxylic acids is 1. The van der Waals surface area contributed by atoms with E-state index in [0.717, 1.165) is 57.0 Å². The van der Waals surface area contributed by atoms with Crippen LogP contribution in [0.3, 0.4) is 0 Å². The van der Waals surface area contributed by atoms with Crippen molar-refractivity contribution >= 4 is 11.7 Å². The molecule has 3 fully saturated rings. The Morgan fingerprint density at radius 1 is 1.11 bits per heavy atom. The van der Waals surface area contributed by atoms with Gasteiger partial charge in [0.25, 0.3) is 0 Å². The van der Waals surface area contributed by atoms with Crippen molar-refractivity contribution in [3.8, 4) is 0 Å². The highest BCUT2D eigenvalue weighted by molar-refractivity contribution is 5.82. The molecule has 2 unspecified atom stereocenters. The summed E-state index contributed by atoms with van der Waals surface area (Å²) in [6.07, 6.45) is 8.84. The van der Waals surface area contributed by atoms with Crippen LogP contribution in [0.15, 0.2) is 6.20 Å². The molecule has 4 rings (SSSR count). The van der Waals surface area contributed by atoms with E-state index in [1.165, 1.54) is 18.4 Å². The number of fused-ring (bicyclic) bond motifs is 2. The van der Waals surface area contributed by atoms with Crippen LogP contribution in [0.25, 0.3) is 0 Å². The average molecular weight is 385 g/mol. The third-order valence-electron chi connectivity index (χ3n) is 7.38. The van der Waals surface area contributed by atoms with Crippen LogP contribution in [0.2, 0.25) is 0 Å². The summed E-state index contributed by atoms with van der Waals surface area (Å²) in [5, 5.41) is 0. The fraction of sp³-hybridized carbons (Fsp3) is 0.783. The number of rotatable bonds is 5. The summed E-state index contributed by atoms with van der Waals surface area (Å²) in [4.78, 5) is 27.2. The highest BCUT2D eigenvalue weighted by Gasteiger charge is 2.41. The third-order valence-corrected chi connectivity index (χ3v) is 7.38. The zero-order valence-electron chi connectivity index (χ0n) is 18.0. The lowest BCUT2D eigenvalue weighted by molar-refractivity contribution is -0.126. The second kappa shape index (κ2) is 8.10. The van der Waals surface area contributed by atoms with Gasteiger partial charge in [0.15, 0.2) is 0 Å². The summed E-state index contributed by atoms with van der Waals surface area (Å²) in [6, 6.07) is 1.14. The van der Waals surface area contributed by atoms with E-state index >= 15 is 0 Å². The summed E-state index contributed by atoms with van der Waals surface area (Å²) in [6.45, 7) is 11.9. The lowest BCUT2D eigenvalue weighted by atomic mass is 9.75. The van der Waals surface area contributed by atoms with Gasteiger partial charge in [-0.3, -0.25) is 9.69 Å². The Labute approximate surface area is 169 Å². The third kappa shape index (κ3) is 3.70. The molecular formula is C23H36N4O. The molecule has 5 nitrogen and oxygen atoms in total. The lowest BCUT2D eigenvalue weighted by Crippen LogP contribution is -2.54. The van der Waals surface area contributed by atoms with Crippen LogP contribution in [0.5, 0.6) is 0 Å². The molecule has 0 radical (unpaired) electrons. The molecule has 2 aliphatic heterocycles. The van der Waals surface area contributed by atoms with Crippen LogP contribution in [0, 0.1) is 18.8 Å². The smallest absolute Gasteiger partial charge is 0.226 e. The first-order chi connectivity index (χ1) is 13.5. The summed E-state index contributed by atoms with van der Waals surface area (Å²) < 4.78 is 0. The van der Waals surface area contributed by atoms with Crippen LogP contribution in [0.4, 0.5) is 5.95 Å². The first-order valence-electron chi connectivity index (χ1n) is 11.4. The zero-order chi connectivity index (χ0) is 19.8. The van der Waals surface area contributed by atoms with E-state index in [1.54, 1.807) is 0 Å². The topological polar surface area (TPSA) is 49.3 Å². The van der Waals surface area contributed by atoms with Gasteiger partial charge in [-0.15, -0.1) is 0 Å². The van der Waals surface area contributed by atoms with Crippen molar-refractivity contribution in [2.45, 2.75) is 84.2 Å². The van der Waals surface area contributed by atoms with Crippen molar-refractivity contribution in [2.75, 3.05) is 24.5 Å². The first kappa shape index (κ1) is 19.8. The molecule has 3 aliphatic rings. The van der Waals surface area contributed by atoms with Crippen LogP contribution >= 0.6 is 0 Å². The number of Topliss-reactive ketones (excluding diaryl/α,β-unsaturated/α-hetero) is 1. The number of ketones is 1. The largest absolute Gasteiger partial charge is 0.332 e. The van der Waals surface area contributed by atoms with Gasteiger partial charge in [-0.05, 0) is 63.5 Å². The number of piperazine rings is 1. The molecule has 3 heterocycles. The number of hydrogen-bond acceptors (Lipinski definition) is 5. The fourth-order valence-electron chi connectivity index (χ4n) is 5.72. The predicted molar refractivity (Wildman–Crippen MR) is 113 cm³/mol. The molecule has 1 aromatic heterocycles. The molecule has 0 N–H and O–H groups in total. The average Bonchev–Trinajstić information content (AvgIpc) is 2.97. The number of aryl methyl sites for hydroxylation is 1. The van der Waals surface area contributed by atoms with E-state index in [4.69, 9.17) is 9.97 Å². The highest BCUT2D eigenvalue weighted by Crippen LogP contribution is 2.39. The molecule has 2 atom stereocenters. The Morgan fingerprint density at radius 3 is 2.29 bits per heavy atom. The van der Waals surface area contributed by atoms with Gasteiger partial charge in [-0.25, -0.2) is 9.97 Å². The summed E-state index contributed by atoms with van der Waals surface area (Å²) in [5.41, 5.74) is 2.44. The van der Waals surface area contributed by atoms with E-state index in [9.17, 15) is 4.79 Å². The molecule has 28 heavy (non-hydrogen) atoms. The Kier molecular flexibility index (Phi) is 5.73. The number of likely N-dealkylation sites (N-methyl/N-ethyl adjacent to an activating group) is 1. The predicted octanol–water partition coefficient (Wildman–Crippen LogP) is 3.96. The highest BCUT2D eigenvalue weighted by atomic mass is 16.1. The molecule has 1 saturated carbocycles. The monoisotopic (exact) mass is 384 g/mol. The van der Waals surface area contributed by atoms with Gasteiger partial charge in [0.1, 0.15) is 5.78 Å². The van der Waals surface area contributed by atoms with Gasteiger partial charge in [0.05, 0.1) is 0 Å². The Morgan fingerprint density at radius 2 is 1.75 bits per heavy atom. The minimum atomic E-state index is 0.162. The van der Waals surface area contributed by atoms with Crippen molar-refractivity contribution in [1.82, 2.24) is 14.9 Å². The summed E-state index contributed by atoms with van der Waals surface area (Å²) in [5.74, 6) is 2.33. The minimum absolute atomic E-state index is 0.162. The quantitative estimate of drug-likeness (QED) is 0.769. The maximum Gasteiger partial charge on any atom is 0.226 e. The molecule has 1 aromatic rings. The Bertz CT molecular complexity index is 697. The van der Waals surface area contributed by atoms with Gasteiger partial charge in [0.2, 0.25) is 5.95 Å². The van der Waals surface area contributed by atoms with E-state index in [1.807, 2.05) is 13.8 Å². The molecule has 0 amide bonds. The molecule has 2 bridgehead atoms. The summed E-state index contributed by atoms with van der Waals surface area (Å²) in [7, 11) is 0. The van der Waals surface area contributed by atoms with Gasteiger partial charge in [-0.2, -0.15) is 0 Å². The normalized spacial score (nSPS) is 30.8. The van der Waals surface area contributed by atoms with Gasteiger partial charge in [0, 0.05) is 48.9 Å². The maximum atomic E-state index is 12.3. The Hall–Kier alpha value is -1.49. The number of hydrogen-bond donors (Lipinski definition) is 0. The van der Waals surface area contributed by atoms with E-state index < -0.39 is 0 Å². The second-order valence-electron chi connectivity index (χ2n) is 9.46. The zero-order valence-corrected chi connectivity index (χ0v) is 18.0. The van der Waals surface area contributed by atoms with Crippen LogP contribution in [0.1, 0.15) is 76.5 Å². The summed E-state index contributed by atoms with van der Waals surface area (Å²) >= 11 is 0. The van der Waals surface area contributed by atoms with Crippen LogP contribution < -0.4 is 4.90 Å². The standard InChI is InChI=1S/C23H36N4O/c1-5-26-13-19-10-11-20(14-26)27(19)23-24-12-21(16(4)25-23)17-6-8-18(9-7-17)22(28)15(2)3/h12,15,17-20H,5-11,13-14H2,1-4H3/t17-,18-,19?,20?. The van der Waals surface area contributed by atoms with E-state index in [0.29, 0.717) is 23.8 Å². The SMILES string of the molecule is CCN1CC2CCC(C1)N2c1ncc([C@H]2CC[C@H](C(=O)C(C)C)CC2)c(C)n1. The van der Waals surface area contributed by atoms with Gasteiger partial charge >= 0.3 is 0 Å². The van der Waals surface area contributed by atoms with Crippen LogP contribution in [-0.4, -0.2) is 52.4 Å². The first-order valence-corrected chi connectivity index (χ1v) is 11.4. The second-order valence-corrected chi connectivity index (χ2v) is 9.46. The fourth-order valence-corrected chi connectivity index (χ4v) is 5.72. The maximum absolute atomic E-state index is 12.3. The van der Waals surface area contributed by atoms with Crippen LogP contribution in [-0.2, 0) is 4.79 Å². The molecule has 1 aliphatic carbocycles. The van der Waals surface area contributed by atoms with Gasteiger partial charge in [-0.1, -0.05) is 20.8 Å². The minimum Gasteiger partial charge on any atom is -0.332 e. The van der Waals surface area contributed by atoms with Crippen molar-refractivity contribution in [2.24, 2.45) is 11.8 Å². The molecule has 154 valence electrons. The molecular weight excluding hydrogens is 348 g/mol. The molecule has 0 aromatic carbocycles. The number of anilines is 1. The van der Waals surface area contributed by atoms with E-state index in [-0.39, 0.29) is 11.8 Å². The van der Waals surface area contributed by atoms with E-state index in [2.05, 4.69) is 29.8 Å². The van der Waals surface area contributed by atoms with Crippen molar-refractivity contribution in [3.63, 3.8) is 0 Å². The number of aromatic nitrogens is 2. The molecule has 5 heteroatoms. The Balaban J connectivity index is 1.44.